The summed E-state index contributed by atoms with van der Waals surface area (Å²) in [6.45, 7) is 0. The first-order valence-electron chi connectivity index (χ1n) is 4.92. The van der Waals surface area contributed by atoms with Crippen LogP contribution in [0.3, 0.4) is 0 Å². The van der Waals surface area contributed by atoms with E-state index in [1.165, 1.54) is 0 Å². The fourth-order valence-corrected chi connectivity index (χ4v) is 1.30. The Morgan fingerprint density at radius 3 is 2.38 bits per heavy atom. The van der Waals surface area contributed by atoms with Crippen molar-refractivity contribution in [3.8, 4) is 5.75 Å². The average Bonchev–Trinajstić information content (AvgIpc) is 2.38. The van der Waals surface area contributed by atoms with Gasteiger partial charge >= 0.3 is 0 Å². The van der Waals surface area contributed by atoms with E-state index < -0.39 is 0 Å². The molecule has 3 heteroatoms. The summed E-state index contributed by atoms with van der Waals surface area (Å²) in [5.41, 5.74) is 3.97. The molecular weight excluding hydrogens is 202 g/mol. The van der Waals surface area contributed by atoms with Crippen LogP contribution >= 0.6 is 0 Å². The minimum absolute atomic E-state index is 0.568. The second-order valence-electron chi connectivity index (χ2n) is 3.22. The van der Waals surface area contributed by atoms with Crippen molar-refractivity contribution >= 4 is 12.0 Å². The van der Waals surface area contributed by atoms with Gasteiger partial charge in [-0.15, -0.1) is 0 Å². The normalized spacial score (nSPS) is 9.50. The molecule has 0 atom stereocenters. The summed E-state index contributed by atoms with van der Waals surface area (Å²) in [5.74, 6) is 0.697. The first-order valence-corrected chi connectivity index (χ1v) is 4.92. The number of anilines is 1. The molecule has 0 aliphatic carbocycles. The van der Waals surface area contributed by atoms with Crippen LogP contribution < -0.4 is 10.3 Å². The third-order valence-corrected chi connectivity index (χ3v) is 2.11. The third kappa shape index (κ3) is 2.39. The summed E-state index contributed by atoms with van der Waals surface area (Å²) in [6, 6.07) is 16.5. The van der Waals surface area contributed by atoms with Crippen LogP contribution in [0, 0.1) is 0 Å². The zero-order valence-electron chi connectivity index (χ0n) is 8.59. The number of rotatable bonds is 4. The van der Waals surface area contributed by atoms with Gasteiger partial charge in [-0.1, -0.05) is 30.3 Å². The second-order valence-corrected chi connectivity index (χ2v) is 3.22. The number of benzene rings is 2. The predicted molar refractivity (Wildman–Crippen MR) is 62.5 cm³/mol. The van der Waals surface area contributed by atoms with Crippen molar-refractivity contribution in [1.82, 2.24) is 0 Å². The number of hydrogen-bond acceptors (Lipinski definition) is 3. The third-order valence-electron chi connectivity index (χ3n) is 2.11. The zero-order chi connectivity index (χ0) is 11.2. The van der Waals surface area contributed by atoms with Gasteiger partial charge in [-0.2, -0.15) is 0 Å². The SMILES string of the molecule is O=Cc1ccccc1NOc1ccccc1. The largest absolute Gasteiger partial charge is 0.382 e. The van der Waals surface area contributed by atoms with Crippen LogP contribution in [0.1, 0.15) is 10.4 Å². The lowest BCUT2D eigenvalue weighted by Gasteiger charge is -2.09. The molecular formula is C13H11NO2. The summed E-state index contributed by atoms with van der Waals surface area (Å²) in [6.07, 6.45) is 0.788. The van der Waals surface area contributed by atoms with Crippen LogP contribution in [0.15, 0.2) is 54.6 Å². The lowest BCUT2D eigenvalue weighted by Crippen LogP contribution is -2.06. The van der Waals surface area contributed by atoms with Gasteiger partial charge in [0.2, 0.25) is 0 Å². The highest BCUT2D eigenvalue weighted by molar-refractivity contribution is 5.83. The lowest BCUT2D eigenvalue weighted by atomic mass is 10.2. The van der Waals surface area contributed by atoms with Gasteiger partial charge in [0.25, 0.3) is 0 Å². The Labute approximate surface area is 93.6 Å². The Hall–Kier alpha value is -2.29. The summed E-state index contributed by atoms with van der Waals surface area (Å²) in [7, 11) is 0. The van der Waals surface area contributed by atoms with Gasteiger partial charge < -0.3 is 4.84 Å². The highest BCUT2D eigenvalue weighted by Gasteiger charge is 1.99. The van der Waals surface area contributed by atoms with Gasteiger partial charge in [0.15, 0.2) is 12.0 Å². The fraction of sp³-hybridized carbons (Fsp3) is 0. The van der Waals surface area contributed by atoms with Crippen LogP contribution in [-0.2, 0) is 0 Å². The number of nitrogens with one attached hydrogen (secondary N) is 1. The standard InChI is InChI=1S/C13H11NO2/c15-10-11-6-4-5-9-13(11)14-16-12-7-2-1-3-8-12/h1-10,14H. The summed E-state index contributed by atoms with van der Waals surface area (Å²) < 4.78 is 0. The van der Waals surface area contributed by atoms with Crippen molar-refractivity contribution in [2.24, 2.45) is 0 Å². The molecule has 0 heterocycles. The van der Waals surface area contributed by atoms with Crippen LogP contribution in [0.2, 0.25) is 0 Å². The number of aldehydes is 1. The average molecular weight is 213 g/mol. The first kappa shape index (κ1) is 10.2. The Bertz CT molecular complexity index is 468. The monoisotopic (exact) mass is 213 g/mol. The van der Waals surface area contributed by atoms with E-state index in [1.807, 2.05) is 36.4 Å². The van der Waals surface area contributed by atoms with E-state index in [9.17, 15) is 4.79 Å². The minimum Gasteiger partial charge on any atom is -0.382 e. The van der Waals surface area contributed by atoms with Gasteiger partial charge in [0.05, 0.1) is 5.69 Å². The van der Waals surface area contributed by atoms with Gasteiger partial charge in [-0.05, 0) is 24.3 Å². The van der Waals surface area contributed by atoms with Crippen molar-refractivity contribution in [3.05, 3.63) is 60.2 Å². The van der Waals surface area contributed by atoms with E-state index in [4.69, 9.17) is 4.84 Å². The van der Waals surface area contributed by atoms with Crippen molar-refractivity contribution in [2.45, 2.75) is 0 Å². The summed E-state index contributed by atoms with van der Waals surface area (Å²) in [5, 5.41) is 0. The van der Waals surface area contributed by atoms with Crippen LogP contribution in [0.25, 0.3) is 0 Å². The maximum Gasteiger partial charge on any atom is 0.155 e. The number of carbonyl (C=O) groups excluding carboxylic acids is 1. The molecule has 0 aliphatic heterocycles. The molecule has 0 spiro atoms. The fourth-order valence-electron chi connectivity index (χ4n) is 1.30. The highest BCUT2D eigenvalue weighted by Crippen LogP contribution is 2.15. The Balaban J connectivity index is 2.08. The van der Waals surface area contributed by atoms with E-state index in [1.54, 1.807) is 18.2 Å². The maximum atomic E-state index is 10.7. The van der Waals surface area contributed by atoms with Gasteiger partial charge in [0.1, 0.15) is 0 Å². The van der Waals surface area contributed by atoms with Crippen molar-refractivity contribution in [2.75, 3.05) is 5.48 Å². The van der Waals surface area contributed by atoms with E-state index in [0.29, 0.717) is 17.0 Å². The Kier molecular flexibility index (Phi) is 3.18. The van der Waals surface area contributed by atoms with E-state index in [2.05, 4.69) is 5.48 Å². The number of para-hydroxylation sites is 2. The Morgan fingerprint density at radius 1 is 0.938 bits per heavy atom. The smallest absolute Gasteiger partial charge is 0.155 e. The predicted octanol–water partition coefficient (Wildman–Crippen LogP) is 2.91. The molecule has 0 bridgehead atoms. The zero-order valence-corrected chi connectivity index (χ0v) is 8.59. The second kappa shape index (κ2) is 4.98. The maximum absolute atomic E-state index is 10.7. The number of carbonyl (C=O) groups is 1. The molecule has 2 aromatic carbocycles. The highest BCUT2D eigenvalue weighted by atomic mass is 16.6. The molecule has 2 aromatic rings. The molecule has 0 radical (unpaired) electrons. The first-order chi connectivity index (χ1) is 7.90. The molecule has 16 heavy (non-hydrogen) atoms. The topological polar surface area (TPSA) is 38.3 Å². The van der Waals surface area contributed by atoms with Crippen LogP contribution in [-0.4, -0.2) is 6.29 Å². The molecule has 0 saturated carbocycles. The lowest BCUT2D eigenvalue weighted by molar-refractivity contribution is 0.112. The minimum atomic E-state index is 0.568. The van der Waals surface area contributed by atoms with Crippen molar-refractivity contribution in [3.63, 3.8) is 0 Å². The molecule has 0 aliphatic rings. The molecule has 0 amide bonds. The molecule has 0 aromatic heterocycles. The van der Waals surface area contributed by atoms with Crippen molar-refractivity contribution < 1.29 is 9.63 Å². The molecule has 1 N–H and O–H groups in total. The molecule has 2 rings (SSSR count). The van der Waals surface area contributed by atoms with Gasteiger partial charge in [0, 0.05) is 5.56 Å². The molecule has 0 fully saturated rings. The Morgan fingerprint density at radius 2 is 1.62 bits per heavy atom. The van der Waals surface area contributed by atoms with Crippen LogP contribution in [0.5, 0.6) is 5.75 Å². The van der Waals surface area contributed by atoms with E-state index in [-0.39, 0.29) is 0 Å². The molecule has 80 valence electrons. The summed E-state index contributed by atoms with van der Waals surface area (Å²) >= 11 is 0. The van der Waals surface area contributed by atoms with Crippen molar-refractivity contribution in [1.29, 1.82) is 0 Å². The van der Waals surface area contributed by atoms with Gasteiger partial charge in [-0.3, -0.25) is 4.79 Å². The molecule has 0 unspecified atom stereocenters. The van der Waals surface area contributed by atoms with Crippen LogP contribution in [0.4, 0.5) is 5.69 Å². The quantitative estimate of drug-likeness (QED) is 0.626. The van der Waals surface area contributed by atoms with E-state index >= 15 is 0 Å². The molecule has 3 nitrogen and oxygen atoms in total. The summed E-state index contributed by atoms with van der Waals surface area (Å²) in [4.78, 5) is 16.1. The van der Waals surface area contributed by atoms with E-state index in [0.717, 1.165) is 6.29 Å². The number of hydrogen-bond donors (Lipinski definition) is 1. The molecule has 0 saturated heterocycles. The van der Waals surface area contributed by atoms with Gasteiger partial charge in [-0.25, -0.2) is 5.48 Å².